The Balaban J connectivity index is 0.00000308. The van der Waals surface area contributed by atoms with E-state index in [1.807, 2.05) is 55.4 Å². The van der Waals surface area contributed by atoms with E-state index in [1.165, 1.54) is 0 Å². The molecule has 0 aromatic heterocycles. The van der Waals surface area contributed by atoms with E-state index in [0.717, 1.165) is 61.4 Å². The average molecular weight is 537 g/mol. The summed E-state index contributed by atoms with van der Waals surface area (Å²) in [6, 6.07) is 7.92. The van der Waals surface area contributed by atoms with Crippen LogP contribution in [0.25, 0.3) is 0 Å². The lowest BCUT2D eigenvalue weighted by molar-refractivity contribution is -0.288. The largest absolute Gasteiger partial charge is 0.493 e. The van der Waals surface area contributed by atoms with Gasteiger partial charge in [0, 0.05) is 0 Å². The van der Waals surface area contributed by atoms with Crippen LogP contribution >= 0.6 is 0 Å². The van der Waals surface area contributed by atoms with Gasteiger partial charge in [-0.25, -0.2) is 0 Å². The molecule has 0 bridgehead atoms. The van der Waals surface area contributed by atoms with Crippen molar-refractivity contribution in [3.8, 4) is 11.5 Å². The van der Waals surface area contributed by atoms with Crippen molar-refractivity contribution >= 4 is 0 Å². The Bertz CT molecular complexity index is 784. The molecule has 0 heterocycles. The molecule has 2 rings (SSSR count). The van der Waals surface area contributed by atoms with E-state index in [0.29, 0.717) is 13.2 Å². The highest BCUT2D eigenvalue weighted by Crippen LogP contribution is 2.56. The molecule has 0 fully saturated rings. The molecule has 0 aliphatic carbocycles. The molecule has 2 aromatic carbocycles. The SMILES string of the molecule is CC.CC.CCC(C)COc1ccc(C(c2ccc(OCC(C)CC)cc2)(C(F)(F)F)C(F)(F)F)cc1. The number of hydrogen-bond donors (Lipinski definition) is 0. The van der Waals surface area contributed by atoms with Crippen LogP contribution in [0.1, 0.15) is 79.4 Å². The van der Waals surface area contributed by atoms with Crippen molar-refractivity contribution in [2.45, 2.75) is 86.0 Å². The number of alkyl halides is 6. The minimum absolute atomic E-state index is 0.204. The van der Waals surface area contributed by atoms with Gasteiger partial charge in [-0.15, -0.1) is 0 Å². The van der Waals surface area contributed by atoms with Crippen LogP contribution in [0.5, 0.6) is 11.5 Å². The van der Waals surface area contributed by atoms with E-state index in [2.05, 4.69) is 0 Å². The van der Waals surface area contributed by atoms with Crippen LogP contribution in [0.3, 0.4) is 0 Å². The molecule has 2 nitrogen and oxygen atoms in total. The molecule has 0 amide bonds. The Morgan fingerprint density at radius 3 is 1.05 bits per heavy atom. The summed E-state index contributed by atoms with van der Waals surface area (Å²) in [7, 11) is 0. The Morgan fingerprint density at radius 1 is 0.568 bits per heavy atom. The second-order valence-electron chi connectivity index (χ2n) is 8.44. The van der Waals surface area contributed by atoms with Gasteiger partial charge in [-0.05, 0) is 47.2 Å². The highest BCUT2D eigenvalue weighted by Gasteiger charge is 2.72. The monoisotopic (exact) mass is 536 g/mol. The van der Waals surface area contributed by atoms with Crippen molar-refractivity contribution in [1.82, 2.24) is 0 Å². The first kappa shape index (κ1) is 34.6. The van der Waals surface area contributed by atoms with E-state index in [1.54, 1.807) is 0 Å². The van der Waals surface area contributed by atoms with E-state index >= 15 is 0 Å². The van der Waals surface area contributed by atoms with Gasteiger partial charge in [0.2, 0.25) is 5.41 Å². The van der Waals surface area contributed by atoms with Gasteiger partial charge in [0.05, 0.1) is 13.2 Å². The molecule has 2 aromatic rings. The Kier molecular flexibility index (Phi) is 14.8. The summed E-state index contributed by atoms with van der Waals surface area (Å²) in [5.74, 6) is 0.836. The smallest absolute Gasteiger partial charge is 0.411 e. The van der Waals surface area contributed by atoms with E-state index in [-0.39, 0.29) is 23.3 Å². The van der Waals surface area contributed by atoms with Crippen LogP contribution in [0.2, 0.25) is 0 Å². The van der Waals surface area contributed by atoms with Gasteiger partial charge in [0.25, 0.3) is 0 Å². The topological polar surface area (TPSA) is 18.5 Å². The molecule has 0 aliphatic rings. The molecule has 212 valence electrons. The first-order chi connectivity index (χ1) is 17.4. The first-order valence-corrected chi connectivity index (χ1v) is 13.0. The fourth-order valence-electron chi connectivity index (χ4n) is 3.30. The maximum atomic E-state index is 14.3. The summed E-state index contributed by atoms with van der Waals surface area (Å²) in [5.41, 5.74) is -6.04. The minimum atomic E-state index is -5.64. The molecule has 0 saturated heterocycles. The van der Waals surface area contributed by atoms with Crippen LogP contribution in [0.4, 0.5) is 26.3 Å². The minimum Gasteiger partial charge on any atom is -0.493 e. The lowest BCUT2D eigenvalue weighted by atomic mass is 9.73. The molecule has 0 saturated carbocycles. The number of halogens is 6. The van der Waals surface area contributed by atoms with Crippen LogP contribution < -0.4 is 9.47 Å². The molecule has 0 spiro atoms. The zero-order valence-corrected chi connectivity index (χ0v) is 23.2. The molecule has 0 radical (unpaired) electrons. The van der Waals surface area contributed by atoms with E-state index < -0.39 is 28.9 Å². The molecule has 37 heavy (non-hydrogen) atoms. The molecule has 2 unspecified atom stereocenters. The van der Waals surface area contributed by atoms with Crippen molar-refractivity contribution in [3.05, 3.63) is 59.7 Å². The van der Waals surface area contributed by atoms with Crippen molar-refractivity contribution in [2.24, 2.45) is 11.8 Å². The predicted molar refractivity (Wildman–Crippen MR) is 138 cm³/mol. The molecular weight excluding hydrogens is 494 g/mol. The van der Waals surface area contributed by atoms with Gasteiger partial charge >= 0.3 is 12.4 Å². The maximum Gasteiger partial charge on any atom is 0.411 e. The highest BCUT2D eigenvalue weighted by molar-refractivity contribution is 5.47. The zero-order chi connectivity index (χ0) is 28.9. The zero-order valence-electron chi connectivity index (χ0n) is 23.2. The maximum absolute atomic E-state index is 14.3. The van der Waals surface area contributed by atoms with Gasteiger partial charge in [0.1, 0.15) is 11.5 Å². The average Bonchev–Trinajstić information content (AvgIpc) is 2.88. The van der Waals surface area contributed by atoms with Crippen molar-refractivity contribution in [2.75, 3.05) is 13.2 Å². The third-order valence-electron chi connectivity index (χ3n) is 5.89. The summed E-state index contributed by atoms with van der Waals surface area (Å²) < 4.78 is 96.6. The summed E-state index contributed by atoms with van der Waals surface area (Å²) in [5, 5.41) is 0. The van der Waals surface area contributed by atoms with E-state index in [9.17, 15) is 26.3 Å². The third kappa shape index (κ3) is 8.85. The molecule has 2 atom stereocenters. The Hall–Kier alpha value is -2.38. The van der Waals surface area contributed by atoms with Crippen LogP contribution in [0.15, 0.2) is 48.5 Å². The summed E-state index contributed by atoms with van der Waals surface area (Å²) in [4.78, 5) is 0. The second kappa shape index (κ2) is 15.8. The molecule has 0 N–H and O–H groups in total. The van der Waals surface area contributed by atoms with Gasteiger partial charge in [-0.3, -0.25) is 0 Å². The quantitative estimate of drug-likeness (QED) is 0.281. The number of ether oxygens (including phenoxy) is 2. The second-order valence-corrected chi connectivity index (χ2v) is 8.44. The normalized spacial score (nSPS) is 13.4. The molecule has 8 heteroatoms. The van der Waals surface area contributed by atoms with Gasteiger partial charge < -0.3 is 9.47 Å². The number of benzene rings is 2. The van der Waals surface area contributed by atoms with Crippen LogP contribution in [0, 0.1) is 11.8 Å². The standard InChI is InChI=1S/C25H30F6O2.2C2H6/c1-5-17(3)15-32-21-11-7-19(8-12-21)23(24(26,27)28,25(29,30)31)20-9-13-22(14-10-20)33-16-18(4)6-2;2*1-2/h7-14,17-18H,5-6,15-16H2,1-4H3;2*1-2H3. The van der Waals surface area contributed by atoms with Gasteiger partial charge in [-0.2, -0.15) is 26.3 Å². The van der Waals surface area contributed by atoms with Crippen molar-refractivity contribution < 1.29 is 35.8 Å². The predicted octanol–water partition coefficient (Wildman–Crippen LogP) is 10.00. The molecule has 0 aliphatic heterocycles. The fourth-order valence-corrected chi connectivity index (χ4v) is 3.30. The summed E-state index contributed by atoms with van der Waals surface area (Å²) in [6.07, 6.45) is -9.60. The first-order valence-electron chi connectivity index (χ1n) is 13.0. The van der Waals surface area contributed by atoms with Crippen molar-refractivity contribution in [1.29, 1.82) is 0 Å². The van der Waals surface area contributed by atoms with Crippen LogP contribution in [-0.2, 0) is 5.41 Å². The highest BCUT2D eigenvalue weighted by atomic mass is 19.4. The third-order valence-corrected chi connectivity index (χ3v) is 5.89. The molecular formula is C29H42F6O2. The number of hydrogen-bond acceptors (Lipinski definition) is 2. The number of rotatable bonds is 10. The Morgan fingerprint density at radius 2 is 0.838 bits per heavy atom. The van der Waals surface area contributed by atoms with Crippen LogP contribution in [-0.4, -0.2) is 25.6 Å². The lowest BCUT2D eigenvalue weighted by Crippen LogP contribution is -2.54. The van der Waals surface area contributed by atoms with Gasteiger partial charge in [-0.1, -0.05) is 92.5 Å². The summed E-state index contributed by atoms with van der Waals surface area (Å²) >= 11 is 0. The fraction of sp³-hybridized carbons (Fsp3) is 0.586. The summed E-state index contributed by atoms with van der Waals surface area (Å²) in [6.45, 7) is 16.4. The van der Waals surface area contributed by atoms with Crippen molar-refractivity contribution in [3.63, 3.8) is 0 Å². The lowest BCUT2D eigenvalue weighted by Gasteiger charge is -2.38. The Labute approximate surface area is 218 Å². The van der Waals surface area contributed by atoms with Gasteiger partial charge in [0.15, 0.2) is 0 Å². The van der Waals surface area contributed by atoms with E-state index in [4.69, 9.17) is 9.47 Å².